The summed E-state index contributed by atoms with van der Waals surface area (Å²) in [5.74, 6) is 0.254. The largest absolute Gasteiger partial charge is 0.461 e. The Labute approximate surface area is 203 Å². The number of carbonyl (C=O) groups excluding carboxylic acids is 3. The molecule has 0 aliphatic heterocycles. The molecule has 0 heterocycles. The van der Waals surface area contributed by atoms with E-state index >= 15 is 0 Å². The van der Waals surface area contributed by atoms with Crippen LogP contribution in [-0.2, 0) is 23.9 Å². The second-order valence-electron chi connectivity index (χ2n) is 10.3. The molecule has 0 saturated heterocycles. The lowest BCUT2D eigenvalue weighted by Gasteiger charge is -2.27. The molecule has 0 aromatic carbocycles. The number of unbranched alkanes of at least 4 members (excludes halogenated alkanes) is 1. The summed E-state index contributed by atoms with van der Waals surface area (Å²) in [5, 5.41) is 0. The van der Waals surface area contributed by atoms with Crippen molar-refractivity contribution < 1.29 is 23.9 Å². The van der Waals surface area contributed by atoms with Crippen molar-refractivity contribution in [1.82, 2.24) is 0 Å². The van der Waals surface area contributed by atoms with E-state index < -0.39 is 17.6 Å². The van der Waals surface area contributed by atoms with Crippen molar-refractivity contribution in [3.63, 3.8) is 0 Å². The molecule has 32 heavy (non-hydrogen) atoms. The molecule has 0 aliphatic carbocycles. The number of ether oxygens (including phenoxy) is 2. The van der Waals surface area contributed by atoms with Gasteiger partial charge in [-0.1, -0.05) is 61.3 Å². The Morgan fingerprint density at radius 3 is 2.22 bits per heavy atom. The van der Waals surface area contributed by atoms with Crippen LogP contribution in [0.4, 0.5) is 0 Å². The average Bonchev–Trinajstić information content (AvgIpc) is 2.68. The SMILES string of the molecule is CCCCC(C)(C)C(=O)[C@@H](N)CSCC(COC(=O)CSC)OC(=O)C(C)CC(C)(C)C. The number of nitrogens with two attached hydrogens (primary N) is 1. The Hall–Kier alpha value is -0.730. The van der Waals surface area contributed by atoms with Crippen molar-refractivity contribution in [2.45, 2.75) is 86.3 Å². The van der Waals surface area contributed by atoms with Crippen LogP contribution in [0, 0.1) is 16.7 Å². The van der Waals surface area contributed by atoms with Gasteiger partial charge in [-0.2, -0.15) is 23.5 Å². The lowest BCUT2D eigenvalue weighted by molar-refractivity contribution is -0.160. The van der Waals surface area contributed by atoms with Crippen LogP contribution in [0.25, 0.3) is 0 Å². The zero-order chi connectivity index (χ0) is 24.9. The molecule has 2 N–H and O–H groups in total. The Bertz CT molecular complexity index is 589. The molecule has 0 aliphatic rings. The normalized spacial score (nSPS) is 15.0. The van der Waals surface area contributed by atoms with Gasteiger partial charge in [-0.3, -0.25) is 14.4 Å². The Morgan fingerprint density at radius 1 is 1.06 bits per heavy atom. The minimum absolute atomic E-state index is 0.00517. The van der Waals surface area contributed by atoms with Crippen LogP contribution >= 0.6 is 23.5 Å². The van der Waals surface area contributed by atoms with Crippen LogP contribution < -0.4 is 5.73 Å². The fourth-order valence-corrected chi connectivity index (χ4v) is 4.68. The molecular formula is C24H45NO5S2. The minimum atomic E-state index is -0.581. The molecule has 3 atom stereocenters. The Morgan fingerprint density at radius 2 is 1.69 bits per heavy atom. The molecule has 0 fully saturated rings. The van der Waals surface area contributed by atoms with Crippen LogP contribution in [0.15, 0.2) is 0 Å². The van der Waals surface area contributed by atoms with Crippen LogP contribution in [0.3, 0.4) is 0 Å². The van der Waals surface area contributed by atoms with Gasteiger partial charge in [0.25, 0.3) is 0 Å². The molecular weight excluding hydrogens is 446 g/mol. The molecule has 0 saturated carbocycles. The van der Waals surface area contributed by atoms with E-state index in [-0.39, 0.29) is 41.4 Å². The summed E-state index contributed by atoms with van der Waals surface area (Å²) in [5.41, 5.74) is 5.73. The number of hydrogen-bond donors (Lipinski definition) is 1. The topological polar surface area (TPSA) is 95.7 Å². The molecule has 6 nitrogen and oxygen atoms in total. The summed E-state index contributed by atoms with van der Waals surface area (Å²) in [6, 6.07) is -0.581. The monoisotopic (exact) mass is 491 g/mol. The predicted molar refractivity (Wildman–Crippen MR) is 136 cm³/mol. The molecule has 8 heteroatoms. The second-order valence-corrected chi connectivity index (χ2v) is 12.3. The highest BCUT2D eigenvalue weighted by Crippen LogP contribution is 2.27. The van der Waals surface area contributed by atoms with Crippen LogP contribution in [-0.4, -0.2) is 60.0 Å². The minimum Gasteiger partial charge on any atom is -0.461 e. The van der Waals surface area contributed by atoms with Crippen LogP contribution in [0.2, 0.25) is 0 Å². The number of esters is 2. The van der Waals surface area contributed by atoms with Crippen molar-refractivity contribution in [1.29, 1.82) is 0 Å². The fourth-order valence-electron chi connectivity index (χ4n) is 3.39. The molecule has 0 radical (unpaired) electrons. The summed E-state index contributed by atoms with van der Waals surface area (Å²) < 4.78 is 11.0. The lowest BCUT2D eigenvalue weighted by atomic mass is 9.80. The highest BCUT2D eigenvalue weighted by molar-refractivity contribution is 7.99. The average molecular weight is 492 g/mol. The van der Waals surface area contributed by atoms with Crippen molar-refractivity contribution in [2.24, 2.45) is 22.5 Å². The zero-order valence-electron chi connectivity index (χ0n) is 21.3. The fraction of sp³-hybridized carbons (Fsp3) is 0.875. The molecule has 188 valence electrons. The van der Waals surface area contributed by atoms with E-state index in [9.17, 15) is 14.4 Å². The Kier molecular flexibility index (Phi) is 14.9. The summed E-state index contributed by atoms with van der Waals surface area (Å²) in [6.07, 6.45) is 4.79. The highest BCUT2D eigenvalue weighted by atomic mass is 32.2. The van der Waals surface area contributed by atoms with E-state index in [2.05, 4.69) is 27.7 Å². The van der Waals surface area contributed by atoms with Gasteiger partial charge in [-0.25, -0.2) is 0 Å². The number of hydrogen-bond acceptors (Lipinski definition) is 8. The molecule has 0 bridgehead atoms. The van der Waals surface area contributed by atoms with Gasteiger partial charge in [-0.15, -0.1) is 0 Å². The molecule has 2 unspecified atom stereocenters. The first-order valence-corrected chi connectivity index (χ1v) is 14.0. The predicted octanol–water partition coefficient (Wildman–Crippen LogP) is 4.72. The third-order valence-electron chi connectivity index (χ3n) is 5.06. The molecule has 0 spiro atoms. The quantitative estimate of drug-likeness (QED) is 0.310. The number of carbonyl (C=O) groups is 3. The molecule has 0 aromatic heterocycles. The molecule has 0 amide bonds. The first kappa shape index (κ1) is 31.3. The number of rotatable bonds is 16. The lowest BCUT2D eigenvalue weighted by Crippen LogP contribution is -2.42. The number of thioether (sulfide) groups is 2. The maximum Gasteiger partial charge on any atom is 0.316 e. The summed E-state index contributed by atoms with van der Waals surface area (Å²) in [6.45, 7) is 14.1. The van der Waals surface area contributed by atoms with Crippen molar-refractivity contribution >= 4 is 41.2 Å². The molecule has 0 aromatic rings. The molecule has 0 rings (SSSR count). The van der Waals surface area contributed by atoms with Gasteiger partial charge in [0.2, 0.25) is 0 Å². The summed E-state index contributed by atoms with van der Waals surface area (Å²) >= 11 is 2.83. The second kappa shape index (κ2) is 15.2. The van der Waals surface area contributed by atoms with E-state index in [1.807, 2.05) is 27.0 Å². The van der Waals surface area contributed by atoms with Gasteiger partial charge < -0.3 is 15.2 Å². The summed E-state index contributed by atoms with van der Waals surface area (Å²) in [7, 11) is 0. The highest BCUT2D eigenvalue weighted by Gasteiger charge is 2.31. The van der Waals surface area contributed by atoms with E-state index in [1.165, 1.54) is 23.5 Å². The van der Waals surface area contributed by atoms with Crippen molar-refractivity contribution in [3.05, 3.63) is 0 Å². The first-order valence-electron chi connectivity index (χ1n) is 11.5. The van der Waals surface area contributed by atoms with E-state index in [0.717, 1.165) is 19.3 Å². The van der Waals surface area contributed by atoms with E-state index in [1.54, 1.807) is 0 Å². The van der Waals surface area contributed by atoms with Gasteiger partial charge in [0.15, 0.2) is 5.78 Å². The standard InChI is InChI=1S/C24H45NO5S2/c1-9-10-11-24(6,7)21(27)19(25)15-32-14-18(13-29-20(26)16-31-8)30-22(28)17(2)12-23(3,4)5/h17-19H,9-16,25H2,1-8H3/t17?,18?,19-/m0/s1. The van der Waals surface area contributed by atoms with Gasteiger partial charge in [0, 0.05) is 16.9 Å². The third kappa shape index (κ3) is 13.7. The van der Waals surface area contributed by atoms with Gasteiger partial charge >= 0.3 is 11.9 Å². The number of Topliss-reactive ketones (excluding diaryl/α,β-unsaturated/α-hetero) is 1. The first-order chi connectivity index (χ1) is 14.7. The Balaban J connectivity index is 4.89. The number of ketones is 1. The van der Waals surface area contributed by atoms with Crippen molar-refractivity contribution in [2.75, 3.05) is 30.1 Å². The van der Waals surface area contributed by atoms with E-state index in [4.69, 9.17) is 15.2 Å². The maximum absolute atomic E-state index is 12.7. The smallest absolute Gasteiger partial charge is 0.316 e. The van der Waals surface area contributed by atoms with Gasteiger partial charge in [0.1, 0.15) is 12.7 Å². The van der Waals surface area contributed by atoms with Crippen molar-refractivity contribution in [3.8, 4) is 0 Å². The zero-order valence-corrected chi connectivity index (χ0v) is 23.0. The van der Waals surface area contributed by atoms with Crippen LogP contribution in [0.1, 0.15) is 74.1 Å². The van der Waals surface area contributed by atoms with Crippen LogP contribution in [0.5, 0.6) is 0 Å². The summed E-state index contributed by atoms with van der Waals surface area (Å²) in [4.78, 5) is 37.1. The maximum atomic E-state index is 12.7. The van der Waals surface area contributed by atoms with Gasteiger partial charge in [-0.05, 0) is 24.5 Å². The third-order valence-corrected chi connectivity index (χ3v) is 6.78. The van der Waals surface area contributed by atoms with Gasteiger partial charge in [0.05, 0.1) is 17.7 Å². The van der Waals surface area contributed by atoms with E-state index in [0.29, 0.717) is 17.9 Å².